The highest BCUT2D eigenvalue weighted by Gasteiger charge is 2.07. The Labute approximate surface area is 171 Å². The second-order valence-electron chi connectivity index (χ2n) is 7.01. The first kappa shape index (κ1) is 20.4. The van der Waals surface area contributed by atoms with Gasteiger partial charge >= 0.3 is 0 Å². The highest BCUT2D eigenvalue weighted by Crippen LogP contribution is 2.23. The Morgan fingerprint density at radius 2 is 1.55 bits per heavy atom. The van der Waals surface area contributed by atoms with Gasteiger partial charge in [-0.1, -0.05) is 62.2 Å². The number of anilines is 3. The molecule has 0 fully saturated rings. The van der Waals surface area contributed by atoms with Gasteiger partial charge < -0.3 is 16.0 Å². The van der Waals surface area contributed by atoms with Gasteiger partial charge in [0, 0.05) is 28.9 Å². The van der Waals surface area contributed by atoms with Crippen LogP contribution in [-0.4, -0.2) is 18.4 Å². The van der Waals surface area contributed by atoms with E-state index in [1.165, 1.54) is 0 Å². The number of rotatable bonds is 9. The Bertz CT molecular complexity index is 979. The van der Waals surface area contributed by atoms with E-state index in [0.717, 1.165) is 47.1 Å². The van der Waals surface area contributed by atoms with Gasteiger partial charge in [-0.2, -0.15) is 0 Å². The van der Waals surface area contributed by atoms with Crippen molar-refractivity contribution in [2.75, 3.05) is 22.5 Å². The van der Waals surface area contributed by atoms with Crippen molar-refractivity contribution >= 4 is 39.6 Å². The largest absolute Gasteiger partial charge is 0.376 e. The molecule has 0 saturated carbocycles. The van der Waals surface area contributed by atoms with E-state index >= 15 is 0 Å². The number of carbonyl (C=O) groups excluding carboxylic acids is 2. The molecule has 0 aliphatic carbocycles. The molecule has 3 aromatic rings. The van der Waals surface area contributed by atoms with Crippen molar-refractivity contribution in [3.8, 4) is 0 Å². The minimum atomic E-state index is -0.129. The normalized spacial score (nSPS) is 10.5. The Hall–Kier alpha value is -3.34. The zero-order chi connectivity index (χ0) is 20.5. The molecule has 5 nitrogen and oxygen atoms in total. The highest BCUT2D eigenvalue weighted by atomic mass is 16.2. The Kier molecular flexibility index (Phi) is 7.22. The molecule has 0 aliphatic heterocycles. The summed E-state index contributed by atoms with van der Waals surface area (Å²) in [6.07, 6.45) is 3.57. The maximum absolute atomic E-state index is 12.4. The number of hydrogen-bond donors (Lipinski definition) is 3. The summed E-state index contributed by atoms with van der Waals surface area (Å²) in [6, 6.07) is 21.2. The quantitative estimate of drug-likeness (QED) is 0.429. The maximum Gasteiger partial charge on any atom is 0.243 e. The molecule has 0 saturated heterocycles. The van der Waals surface area contributed by atoms with E-state index in [2.05, 4.69) is 22.9 Å². The van der Waals surface area contributed by atoms with Gasteiger partial charge in [0.1, 0.15) is 0 Å². The summed E-state index contributed by atoms with van der Waals surface area (Å²) in [7, 11) is 0. The molecule has 0 radical (unpaired) electrons. The van der Waals surface area contributed by atoms with Gasteiger partial charge in [0.15, 0.2) is 0 Å². The Morgan fingerprint density at radius 3 is 2.41 bits per heavy atom. The lowest BCUT2D eigenvalue weighted by molar-refractivity contribution is -0.116. The van der Waals surface area contributed by atoms with Gasteiger partial charge in [-0.3, -0.25) is 9.59 Å². The molecule has 2 amide bonds. The third-order valence-electron chi connectivity index (χ3n) is 4.67. The molecule has 0 heterocycles. The number of hydrogen-bond acceptors (Lipinski definition) is 3. The molecule has 0 bridgehead atoms. The van der Waals surface area contributed by atoms with Crippen molar-refractivity contribution in [1.29, 1.82) is 0 Å². The van der Waals surface area contributed by atoms with Gasteiger partial charge in [0.25, 0.3) is 0 Å². The smallest absolute Gasteiger partial charge is 0.243 e. The van der Waals surface area contributed by atoms with Crippen molar-refractivity contribution in [3.05, 3.63) is 66.7 Å². The molecule has 0 unspecified atom stereocenters. The fourth-order valence-electron chi connectivity index (χ4n) is 3.18. The number of benzene rings is 3. The van der Waals surface area contributed by atoms with E-state index in [-0.39, 0.29) is 18.4 Å². The molecule has 5 heteroatoms. The zero-order valence-corrected chi connectivity index (χ0v) is 16.7. The summed E-state index contributed by atoms with van der Waals surface area (Å²) in [5.41, 5.74) is 2.30. The van der Waals surface area contributed by atoms with Crippen LogP contribution in [0.3, 0.4) is 0 Å². The Balaban J connectivity index is 1.54. The topological polar surface area (TPSA) is 70.2 Å². The van der Waals surface area contributed by atoms with Gasteiger partial charge in [0.05, 0.1) is 6.54 Å². The molecule has 3 aromatic carbocycles. The summed E-state index contributed by atoms with van der Waals surface area (Å²) in [6.45, 7) is 2.25. The molecule has 0 atom stereocenters. The molecule has 0 aliphatic rings. The Morgan fingerprint density at radius 1 is 0.793 bits per heavy atom. The lowest BCUT2D eigenvalue weighted by Gasteiger charge is -2.11. The van der Waals surface area contributed by atoms with Crippen LogP contribution in [0.15, 0.2) is 66.7 Å². The molecule has 3 rings (SSSR count). The average molecular weight is 389 g/mol. The van der Waals surface area contributed by atoms with Crippen LogP contribution < -0.4 is 16.0 Å². The van der Waals surface area contributed by atoms with E-state index in [1.54, 1.807) is 0 Å². The standard InChI is InChI=1S/C24H27N3O2/c1-2-3-4-15-23(28)26-20-12-8-11-19(16-20)25-17-24(29)27-22-14-7-10-18-9-5-6-13-21(18)22/h5-14,16,25H,2-4,15,17H2,1H3,(H,26,28)(H,27,29). The summed E-state index contributed by atoms with van der Waals surface area (Å²) in [4.78, 5) is 24.4. The van der Waals surface area contributed by atoms with Crippen molar-refractivity contribution < 1.29 is 9.59 Å². The number of amides is 2. The minimum absolute atomic E-state index is 0.0179. The summed E-state index contributed by atoms with van der Waals surface area (Å²) in [5.74, 6) is -0.111. The first-order valence-corrected chi connectivity index (χ1v) is 10.1. The first-order chi connectivity index (χ1) is 14.2. The van der Waals surface area contributed by atoms with E-state index in [0.29, 0.717) is 6.42 Å². The van der Waals surface area contributed by atoms with Crippen molar-refractivity contribution in [3.63, 3.8) is 0 Å². The summed E-state index contributed by atoms with van der Waals surface area (Å²) < 4.78 is 0. The van der Waals surface area contributed by atoms with Gasteiger partial charge in [-0.15, -0.1) is 0 Å². The fraction of sp³-hybridized carbons (Fsp3) is 0.250. The van der Waals surface area contributed by atoms with Crippen LogP contribution in [0.2, 0.25) is 0 Å². The van der Waals surface area contributed by atoms with Crippen molar-refractivity contribution in [1.82, 2.24) is 0 Å². The monoisotopic (exact) mass is 389 g/mol. The number of fused-ring (bicyclic) bond motifs is 1. The molecule has 3 N–H and O–H groups in total. The summed E-state index contributed by atoms with van der Waals surface area (Å²) >= 11 is 0. The lowest BCUT2D eigenvalue weighted by atomic mass is 10.1. The zero-order valence-electron chi connectivity index (χ0n) is 16.7. The molecule has 0 spiro atoms. The number of carbonyl (C=O) groups is 2. The van der Waals surface area contributed by atoms with Crippen LogP contribution in [0.1, 0.15) is 32.6 Å². The first-order valence-electron chi connectivity index (χ1n) is 10.1. The number of unbranched alkanes of at least 4 members (excludes halogenated alkanes) is 2. The van der Waals surface area contributed by atoms with Gasteiger partial charge in [-0.25, -0.2) is 0 Å². The summed E-state index contributed by atoms with van der Waals surface area (Å²) in [5, 5.41) is 11.1. The fourth-order valence-corrected chi connectivity index (χ4v) is 3.18. The predicted molar refractivity (Wildman–Crippen MR) is 120 cm³/mol. The van der Waals surface area contributed by atoms with Crippen molar-refractivity contribution in [2.24, 2.45) is 0 Å². The van der Waals surface area contributed by atoms with Crippen LogP contribution in [0.5, 0.6) is 0 Å². The van der Waals surface area contributed by atoms with Crippen LogP contribution >= 0.6 is 0 Å². The van der Waals surface area contributed by atoms with Gasteiger partial charge in [-0.05, 0) is 36.1 Å². The van der Waals surface area contributed by atoms with Crippen molar-refractivity contribution in [2.45, 2.75) is 32.6 Å². The van der Waals surface area contributed by atoms with E-state index < -0.39 is 0 Å². The molecule has 150 valence electrons. The highest BCUT2D eigenvalue weighted by molar-refractivity contribution is 6.03. The second-order valence-corrected chi connectivity index (χ2v) is 7.01. The van der Waals surface area contributed by atoms with E-state index in [9.17, 15) is 9.59 Å². The molecular weight excluding hydrogens is 362 g/mol. The van der Waals surface area contributed by atoms with Crippen LogP contribution in [0.25, 0.3) is 10.8 Å². The number of nitrogens with one attached hydrogen (secondary N) is 3. The minimum Gasteiger partial charge on any atom is -0.376 e. The van der Waals surface area contributed by atoms with Crippen LogP contribution in [-0.2, 0) is 9.59 Å². The van der Waals surface area contributed by atoms with E-state index in [1.807, 2.05) is 66.7 Å². The van der Waals surface area contributed by atoms with Crippen LogP contribution in [0, 0.1) is 0 Å². The maximum atomic E-state index is 12.4. The second kappa shape index (κ2) is 10.3. The van der Waals surface area contributed by atoms with E-state index in [4.69, 9.17) is 0 Å². The van der Waals surface area contributed by atoms with Crippen LogP contribution in [0.4, 0.5) is 17.1 Å². The van der Waals surface area contributed by atoms with Gasteiger partial charge in [0.2, 0.25) is 11.8 Å². The SMILES string of the molecule is CCCCCC(=O)Nc1cccc(NCC(=O)Nc2cccc3ccccc23)c1. The third-order valence-corrected chi connectivity index (χ3v) is 4.67. The molecule has 29 heavy (non-hydrogen) atoms. The third kappa shape index (κ3) is 6.07. The molecular formula is C24H27N3O2. The predicted octanol–water partition coefficient (Wildman–Crippen LogP) is 5.41. The average Bonchev–Trinajstić information content (AvgIpc) is 2.73. The molecule has 0 aromatic heterocycles. The lowest BCUT2D eigenvalue weighted by Crippen LogP contribution is -2.22.